The predicted octanol–water partition coefficient (Wildman–Crippen LogP) is 2.06. The van der Waals surface area contributed by atoms with E-state index >= 15 is 0 Å². The van der Waals surface area contributed by atoms with Gasteiger partial charge in [0.2, 0.25) is 0 Å². The number of ether oxygens (including phenoxy) is 1. The lowest BCUT2D eigenvalue weighted by Crippen LogP contribution is -2.44. The van der Waals surface area contributed by atoms with Gasteiger partial charge < -0.3 is 15.0 Å². The molecular formula is C16H26N2O. The molecule has 0 saturated heterocycles. The molecule has 0 aliphatic carbocycles. The van der Waals surface area contributed by atoms with Crippen LogP contribution in [0.15, 0.2) is 24.3 Å². The van der Waals surface area contributed by atoms with Crippen molar-refractivity contribution in [3.63, 3.8) is 0 Å². The van der Waals surface area contributed by atoms with Gasteiger partial charge in [-0.05, 0) is 38.4 Å². The van der Waals surface area contributed by atoms with Crippen molar-refractivity contribution in [1.82, 2.24) is 10.2 Å². The molecule has 1 aliphatic heterocycles. The molecule has 0 saturated carbocycles. The third kappa shape index (κ3) is 4.60. The molecule has 0 radical (unpaired) electrons. The summed E-state index contributed by atoms with van der Waals surface area (Å²) in [6.45, 7) is 8.06. The van der Waals surface area contributed by atoms with Crippen LogP contribution >= 0.6 is 0 Å². The van der Waals surface area contributed by atoms with Crippen molar-refractivity contribution in [2.75, 3.05) is 26.7 Å². The van der Waals surface area contributed by atoms with Gasteiger partial charge in [0, 0.05) is 25.7 Å². The van der Waals surface area contributed by atoms with Gasteiger partial charge in [0.05, 0.1) is 12.7 Å². The summed E-state index contributed by atoms with van der Waals surface area (Å²) in [5.74, 6) is 0. The Morgan fingerprint density at radius 2 is 2.05 bits per heavy atom. The Morgan fingerprint density at radius 3 is 2.79 bits per heavy atom. The van der Waals surface area contributed by atoms with Crippen LogP contribution in [0.4, 0.5) is 0 Å². The van der Waals surface area contributed by atoms with E-state index in [1.54, 1.807) is 0 Å². The fourth-order valence-corrected chi connectivity index (χ4v) is 2.56. The van der Waals surface area contributed by atoms with E-state index in [2.05, 4.69) is 55.4 Å². The molecule has 0 aromatic heterocycles. The van der Waals surface area contributed by atoms with Gasteiger partial charge in [0.1, 0.15) is 0 Å². The van der Waals surface area contributed by atoms with Crippen LogP contribution in [0.3, 0.4) is 0 Å². The monoisotopic (exact) mass is 262 g/mol. The summed E-state index contributed by atoms with van der Waals surface area (Å²) in [6.07, 6.45) is 1.46. The molecule has 0 amide bonds. The standard InChI is InChI=1S/C16H26N2O/c1-13(2)19-9-8-18(3)12-16-10-14-6-4-5-7-15(14)11-17-16/h4-7,13,16-17H,8-12H2,1-3H3. The molecule has 1 unspecified atom stereocenters. The minimum absolute atomic E-state index is 0.327. The first-order valence-electron chi connectivity index (χ1n) is 7.25. The van der Waals surface area contributed by atoms with Crippen LogP contribution in [0.5, 0.6) is 0 Å². The Labute approximate surface area is 116 Å². The highest BCUT2D eigenvalue weighted by Crippen LogP contribution is 2.16. The van der Waals surface area contributed by atoms with Gasteiger partial charge in [0.25, 0.3) is 0 Å². The van der Waals surface area contributed by atoms with Crippen molar-refractivity contribution in [3.05, 3.63) is 35.4 Å². The topological polar surface area (TPSA) is 24.5 Å². The average molecular weight is 262 g/mol. The Balaban J connectivity index is 1.75. The number of hydrogen-bond donors (Lipinski definition) is 1. The van der Waals surface area contributed by atoms with Crippen molar-refractivity contribution >= 4 is 0 Å². The van der Waals surface area contributed by atoms with Gasteiger partial charge in [0.15, 0.2) is 0 Å². The zero-order valence-electron chi connectivity index (χ0n) is 12.4. The molecule has 2 rings (SSSR count). The summed E-state index contributed by atoms with van der Waals surface area (Å²) in [5.41, 5.74) is 2.95. The van der Waals surface area contributed by atoms with Crippen molar-refractivity contribution in [2.45, 2.75) is 39.0 Å². The van der Waals surface area contributed by atoms with E-state index < -0.39 is 0 Å². The Hall–Kier alpha value is -0.900. The first-order valence-corrected chi connectivity index (χ1v) is 7.25. The molecule has 19 heavy (non-hydrogen) atoms. The molecule has 3 nitrogen and oxygen atoms in total. The van der Waals surface area contributed by atoms with Crippen LogP contribution < -0.4 is 5.32 Å². The lowest BCUT2D eigenvalue weighted by Gasteiger charge is -2.29. The molecule has 0 bridgehead atoms. The van der Waals surface area contributed by atoms with Gasteiger partial charge in [-0.3, -0.25) is 0 Å². The number of nitrogens with zero attached hydrogens (tertiary/aromatic N) is 1. The van der Waals surface area contributed by atoms with Gasteiger partial charge in [-0.25, -0.2) is 0 Å². The predicted molar refractivity (Wildman–Crippen MR) is 79.4 cm³/mol. The lowest BCUT2D eigenvalue weighted by atomic mass is 9.96. The van der Waals surface area contributed by atoms with Crippen molar-refractivity contribution in [1.29, 1.82) is 0 Å². The van der Waals surface area contributed by atoms with Crippen LogP contribution in [0, 0.1) is 0 Å². The first-order chi connectivity index (χ1) is 9.15. The largest absolute Gasteiger partial charge is 0.377 e. The van der Waals surface area contributed by atoms with E-state index in [9.17, 15) is 0 Å². The van der Waals surface area contributed by atoms with Gasteiger partial charge in [-0.15, -0.1) is 0 Å². The number of fused-ring (bicyclic) bond motifs is 1. The molecule has 1 N–H and O–H groups in total. The average Bonchev–Trinajstić information content (AvgIpc) is 2.38. The third-order valence-corrected chi connectivity index (χ3v) is 3.62. The van der Waals surface area contributed by atoms with Gasteiger partial charge in [-0.1, -0.05) is 24.3 Å². The molecule has 0 fully saturated rings. The van der Waals surface area contributed by atoms with Crippen LogP contribution in [-0.2, 0) is 17.7 Å². The maximum atomic E-state index is 5.60. The van der Waals surface area contributed by atoms with Crippen molar-refractivity contribution < 1.29 is 4.74 Å². The van der Waals surface area contributed by atoms with E-state index in [0.29, 0.717) is 12.1 Å². The maximum absolute atomic E-state index is 5.60. The summed E-state index contributed by atoms with van der Waals surface area (Å²) in [4.78, 5) is 2.36. The molecule has 0 spiro atoms. The third-order valence-electron chi connectivity index (χ3n) is 3.62. The summed E-state index contributed by atoms with van der Waals surface area (Å²) >= 11 is 0. The quantitative estimate of drug-likeness (QED) is 0.849. The fraction of sp³-hybridized carbons (Fsp3) is 0.625. The fourth-order valence-electron chi connectivity index (χ4n) is 2.56. The highest BCUT2D eigenvalue weighted by Gasteiger charge is 2.18. The van der Waals surface area contributed by atoms with E-state index in [-0.39, 0.29) is 0 Å². The Kier molecular flexibility index (Phi) is 5.37. The first kappa shape index (κ1) is 14.5. The van der Waals surface area contributed by atoms with Crippen LogP contribution in [0.25, 0.3) is 0 Å². The molecule has 1 aromatic carbocycles. The summed E-state index contributed by atoms with van der Waals surface area (Å²) in [5, 5.41) is 3.62. The van der Waals surface area contributed by atoms with E-state index in [1.807, 2.05) is 0 Å². The number of likely N-dealkylation sites (N-methyl/N-ethyl adjacent to an activating group) is 1. The number of benzene rings is 1. The second-order valence-corrected chi connectivity index (χ2v) is 5.73. The molecule has 3 heteroatoms. The zero-order valence-corrected chi connectivity index (χ0v) is 12.4. The number of nitrogens with one attached hydrogen (secondary N) is 1. The van der Waals surface area contributed by atoms with E-state index in [4.69, 9.17) is 4.74 Å². The number of rotatable bonds is 6. The highest BCUT2D eigenvalue weighted by molar-refractivity contribution is 5.29. The zero-order chi connectivity index (χ0) is 13.7. The molecule has 106 valence electrons. The highest BCUT2D eigenvalue weighted by atomic mass is 16.5. The summed E-state index contributed by atoms with van der Waals surface area (Å²) in [7, 11) is 2.17. The molecule has 1 aromatic rings. The molecule has 1 heterocycles. The Bertz CT molecular complexity index is 392. The molecule has 1 aliphatic rings. The second-order valence-electron chi connectivity index (χ2n) is 5.73. The van der Waals surface area contributed by atoms with Crippen LogP contribution in [0.2, 0.25) is 0 Å². The smallest absolute Gasteiger partial charge is 0.0596 e. The maximum Gasteiger partial charge on any atom is 0.0596 e. The lowest BCUT2D eigenvalue weighted by molar-refractivity contribution is 0.0621. The normalized spacial score (nSPS) is 18.9. The minimum Gasteiger partial charge on any atom is -0.377 e. The second kappa shape index (κ2) is 7.04. The van der Waals surface area contributed by atoms with Gasteiger partial charge in [-0.2, -0.15) is 0 Å². The van der Waals surface area contributed by atoms with Crippen LogP contribution in [-0.4, -0.2) is 43.8 Å². The van der Waals surface area contributed by atoms with Crippen molar-refractivity contribution in [2.24, 2.45) is 0 Å². The molecule has 1 atom stereocenters. The summed E-state index contributed by atoms with van der Waals surface area (Å²) in [6, 6.07) is 9.29. The minimum atomic E-state index is 0.327. The molecular weight excluding hydrogens is 236 g/mol. The van der Waals surface area contributed by atoms with E-state index in [0.717, 1.165) is 32.7 Å². The SMILES string of the molecule is CC(C)OCCN(C)CC1Cc2ccccc2CN1. The summed E-state index contributed by atoms with van der Waals surface area (Å²) < 4.78 is 5.60. The van der Waals surface area contributed by atoms with E-state index in [1.165, 1.54) is 11.1 Å². The van der Waals surface area contributed by atoms with Crippen molar-refractivity contribution in [3.8, 4) is 0 Å². The Morgan fingerprint density at radius 1 is 1.32 bits per heavy atom. The number of hydrogen-bond acceptors (Lipinski definition) is 3. The van der Waals surface area contributed by atoms with Gasteiger partial charge >= 0.3 is 0 Å². The van der Waals surface area contributed by atoms with Crippen LogP contribution in [0.1, 0.15) is 25.0 Å².